The number of hydrogen-bond donors (Lipinski definition) is 5. The van der Waals surface area contributed by atoms with Crippen LogP contribution >= 0.6 is 0 Å². The largest absolute Gasteiger partial charge is 0.464 e. The fourth-order valence-electron chi connectivity index (χ4n) is 5.39. The lowest BCUT2D eigenvalue weighted by Gasteiger charge is -2.26. The zero-order valence-electron chi connectivity index (χ0n) is 23.7. The highest BCUT2D eigenvalue weighted by Crippen LogP contribution is 2.27. The zero-order valence-corrected chi connectivity index (χ0v) is 23.7. The topological polar surface area (TPSA) is 197 Å². The van der Waals surface area contributed by atoms with Crippen molar-refractivity contribution < 1.29 is 23.9 Å². The maximum atomic E-state index is 13.6. The molecule has 3 atom stereocenters. The van der Waals surface area contributed by atoms with Crippen molar-refractivity contribution in [2.75, 3.05) is 13.2 Å². The molecule has 12 nitrogen and oxygen atoms in total. The molecule has 2 aromatic rings. The molecule has 1 aliphatic carbocycles. The van der Waals surface area contributed by atoms with Crippen LogP contribution in [0.3, 0.4) is 0 Å². The average molecular weight is 570 g/mol. The number of nitrogens with one attached hydrogen (secondary N) is 2. The second-order valence-corrected chi connectivity index (χ2v) is 10.6. The van der Waals surface area contributed by atoms with Gasteiger partial charge in [0.15, 0.2) is 5.96 Å². The van der Waals surface area contributed by atoms with Crippen LogP contribution in [0.2, 0.25) is 0 Å². The van der Waals surface area contributed by atoms with Crippen molar-refractivity contribution in [3.05, 3.63) is 36.0 Å². The van der Waals surface area contributed by atoms with Gasteiger partial charge < -0.3 is 32.6 Å². The summed E-state index contributed by atoms with van der Waals surface area (Å²) in [6.07, 6.45) is 9.13. The Labute approximate surface area is 240 Å². The molecule has 1 aromatic heterocycles. The Morgan fingerprint density at radius 2 is 1.80 bits per heavy atom. The van der Waals surface area contributed by atoms with Crippen LogP contribution in [0.1, 0.15) is 63.9 Å². The second kappa shape index (κ2) is 15.8. The van der Waals surface area contributed by atoms with Crippen molar-refractivity contribution in [2.45, 2.75) is 82.8 Å². The summed E-state index contributed by atoms with van der Waals surface area (Å²) < 4.78 is 6.60. The Morgan fingerprint density at radius 1 is 1.10 bits per heavy atom. The highest BCUT2D eigenvalue weighted by atomic mass is 16.5. The molecule has 1 saturated carbocycles. The van der Waals surface area contributed by atoms with Crippen molar-refractivity contribution in [1.82, 2.24) is 15.2 Å². The number of nitrogens with two attached hydrogens (primary N) is 3. The van der Waals surface area contributed by atoms with Gasteiger partial charge in [-0.25, -0.2) is 4.79 Å². The number of esters is 1. The normalized spacial score (nSPS) is 15.9. The third kappa shape index (κ3) is 9.31. The summed E-state index contributed by atoms with van der Waals surface area (Å²) >= 11 is 0. The number of rotatable bonds is 15. The number of aromatic nitrogens is 1. The maximum Gasteiger partial charge on any atom is 0.328 e. The first-order valence-electron chi connectivity index (χ1n) is 14.4. The molecule has 224 valence electrons. The van der Waals surface area contributed by atoms with Gasteiger partial charge in [-0.3, -0.25) is 23.9 Å². The van der Waals surface area contributed by atoms with Crippen LogP contribution in [-0.2, 0) is 30.3 Å². The predicted molar refractivity (Wildman–Crippen MR) is 157 cm³/mol. The molecule has 1 heterocycles. The molecule has 1 aromatic carbocycles. The van der Waals surface area contributed by atoms with E-state index in [4.69, 9.17) is 21.9 Å². The summed E-state index contributed by atoms with van der Waals surface area (Å²) in [7, 11) is 0. The van der Waals surface area contributed by atoms with E-state index in [-0.39, 0.29) is 32.0 Å². The fourth-order valence-corrected chi connectivity index (χ4v) is 5.39. The Hall–Kier alpha value is -3.93. The summed E-state index contributed by atoms with van der Waals surface area (Å²) in [5.74, 6) is -1.28. The minimum atomic E-state index is -1.06. The van der Waals surface area contributed by atoms with E-state index in [0.717, 1.165) is 31.1 Å². The molecule has 0 aliphatic heterocycles. The zero-order chi connectivity index (χ0) is 29.8. The van der Waals surface area contributed by atoms with E-state index in [1.54, 1.807) is 19.2 Å². The standard InChI is InChI=1S/C29H43N7O5/c1-2-41-28(40)23(12-8-14-33-29(31)32)34-27(39)24(35-26(38)22(30)15-19-9-4-3-5-10-19)16-20-17-36(18-37)25-13-7-6-11-21(20)25/h6-7,11,13,17-19,22-24H,2-5,8-10,12,14-16,30H2,1H3,(H,34,39)(H,35,38)(H4,31,32,33)/t22-,23+,24+/m1/s1. The summed E-state index contributed by atoms with van der Waals surface area (Å²) in [5, 5.41) is 6.35. The minimum absolute atomic E-state index is 0.0662. The number of nitrogens with zero attached hydrogens (tertiary/aromatic N) is 2. The van der Waals surface area contributed by atoms with Crippen molar-refractivity contribution in [2.24, 2.45) is 28.1 Å². The van der Waals surface area contributed by atoms with Crippen molar-refractivity contribution in [3.63, 3.8) is 0 Å². The molecule has 1 aliphatic rings. The Kier molecular flexibility index (Phi) is 12.1. The highest BCUT2D eigenvalue weighted by Gasteiger charge is 2.30. The first-order chi connectivity index (χ1) is 19.7. The molecular formula is C29H43N7O5. The van der Waals surface area contributed by atoms with E-state index < -0.39 is 35.9 Å². The van der Waals surface area contributed by atoms with Gasteiger partial charge in [0.1, 0.15) is 12.1 Å². The van der Waals surface area contributed by atoms with E-state index in [0.29, 0.717) is 36.2 Å². The number of para-hydroxylation sites is 1. The number of carbonyl (C=O) groups excluding carboxylic acids is 4. The molecule has 2 amide bonds. The monoisotopic (exact) mass is 569 g/mol. The summed E-state index contributed by atoms with van der Waals surface area (Å²) in [4.78, 5) is 55.2. The third-order valence-corrected chi connectivity index (χ3v) is 7.48. The van der Waals surface area contributed by atoms with E-state index >= 15 is 0 Å². The SMILES string of the molecule is CCOC(=O)[C@H](CCCN=C(N)N)NC(=O)[C@H](Cc1cn(C=O)c2ccccc12)NC(=O)[C@H](N)CC1CCCCC1. The molecule has 0 spiro atoms. The van der Waals surface area contributed by atoms with Crippen LogP contribution in [0.15, 0.2) is 35.5 Å². The number of ether oxygens (including phenoxy) is 1. The molecule has 12 heteroatoms. The Balaban J connectivity index is 1.82. The maximum absolute atomic E-state index is 13.6. The van der Waals surface area contributed by atoms with E-state index in [1.807, 2.05) is 18.2 Å². The van der Waals surface area contributed by atoms with Gasteiger partial charge in [0.05, 0.1) is 18.2 Å². The van der Waals surface area contributed by atoms with Crippen molar-refractivity contribution >= 4 is 41.1 Å². The van der Waals surface area contributed by atoms with Crippen LogP contribution in [-0.4, -0.2) is 66.0 Å². The first kappa shape index (κ1) is 31.6. The second-order valence-electron chi connectivity index (χ2n) is 10.6. The lowest BCUT2D eigenvalue weighted by molar-refractivity contribution is -0.147. The summed E-state index contributed by atoms with van der Waals surface area (Å²) in [6, 6.07) is 4.50. The Morgan fingerprint density at radius 3 is 2.49 bits per heavy atom. The van der Waals surface area contributed by atoms with E-state index in [2.05, 4.69) is 15.6 Å². The number of fused-ring (bicyclic) bond motifs is 1. The molecule has 0 radical (unpaired) electrons. The molecule has 8 N–H and O–H groups in total. The number of guanidine groups is 1. The predicted octanol–water partition coefficient (Wildman–Crippen LogP) is 1.11. The van der Waals surface area contributed by atoms with Gasteiger partial charge in [0, 0.05) is 24.5 Å². The van der Waals surface area contributed by atoms with Gasteiger partial charge >= 0.3 is 5.97 Å². The van der Waals surface area contributed by atoms with Gasteiger partial charge in [-0.15, -0.1) is 0 Å². The van der Waals surface area contributed by atoms with Gasteiger partial charge in [0.25, 0.3) is 0 Å². The van der Waals surface area contributed by atoms with Crippen LogP contribution < -0.4 is 27.8 Å². The van der Waals surface area contributed by atoms with Crippen LogP contribution in [0.25, 0.3) is 10.9 Å². The first-order valence-corrected chi connectivity index (χ1v) is 14.4. The number of carbonyl (C=O) groups is 4. The van der Waals surface area contributed by atoms with Gasteiger partial charge in [-0.1, -0.05) is 50.3 Å². The number of aliphatic imine (C=N–C) groups is 1. The van der Waals surface area contributed by atoms with Crippen LogP contribution in [0.4, 0.5) is 0 Å². The van der Waals surface area contributed by atoms with Crippen molar-refractivity contribution in [3.8, 4) is 0 Å². The Bertz CT molecular complexity index is 1220. The van der Waals surface area contributed by atoms with Gasteiger partial charge in [-0.2, -0.15) is 0 Å². The summed E-state index contributed by atoms with van der Waals surface area (Å²) in [6.45, 7) is 2.09. The molecule has 3 rings (SSSR count). The molecule has 41 heavy (non-hydrogen) atoms. The quantitative estimate of drug-likeness (QED) is 0.0691. The van der Waals surface area contributed by atoms with Gasteiger partial charge in [-0.05, 0) is 43.7 Å². The number of hydrogen-bond acceptors (Lipinski definition) is 7. The lowest BCUT2D eigenvalue weighted by Crippen LogP contribution is -2.55. The lowest BCUT2D eigenvalue weighted by atomic mass is 9.85. The number of amides is 2. The molecule has 0 saturated heterocycles. The van der Waals surface area contributed by atoms with Crippen LogP contribution in [0.5, 0.6) is 0 Å². The number of benzene rings is 1. The minimum Gasteiger partial charge on any atom is -0.464 e. The molecule has 0 bridgehead atoms. The molecular weight excluding hydrogens is 526 g/mol. The van der Waals surface area contributed by atoms with Crippen molar-refractivity contribution in [1.29, 1.82) is 0 Å². The van der Waals surface area contributed by atoms with E-state index in [1.165, 1.54) is 11.0 Å². The summed E-state index contributed by atoms with van der Waals surface area (Å²) in [5.41, 5.74) is 18.4. The average Bonchev–Trinajstić information content (AvgIpc) is 3.32. The molecule has 1 fully saturated rings. The fraction of sp³-hybridized carbons (Fsp3) is 0.552. The van der Waals surface area contributed by atoms with E-state index in [9.17, 15) is 19.2 Å². The highest BCUT2D eigenvalue weighted by molar-refractivity contribution is 5.94. The third-order valence-electron chi connectivity index (χ3n) is 7.48. The molecule has 0 unspecified atom stereocenters. The van der Waals surface area contributed by atoms with Gasteiger partial charge in [0.2, 0.25) is 18.2 Å². The van der Waals surface area contributed by atoms with Crippen LogP contribution in [0, 0.1) is 5.92 Å². The smallest absolute Gasteiger partial charge is 0.328 e.